The quantitative estimate of drug-likeness (QED) is 0.460. The number of halogens is 2. The molecule has 1 amide bonds. The van der Waals surface area contributed by atoms with E-state index in [2.05, 4.69) is 39.2 Å². The van der Waals surface area contributed by atoms with Gasteiger partial charge in [-0.3, -0.25) is 4.79 Å². The SMILES string of the molecule is CCN(CC)c1nccc(N(C)C(C)c2ccccc2)c1NC(=O)Cc1cc(F)cc(F)c1. The Hall–Kier alpha value is -3.48. The zero-order chi connectivity index (χ0) is 24.0. The van der Waals surface area contributed by atoms with Crippen molar-refractivity contribution >= 4 is 23.1 Å². The number of amides is 1. The van der Waals surface area contributed by atoms with E-state index in [0.717, 1.165) is 17.3 Å². The van der Waals surface area contributed by atoms with Gasteiger partial charge in [0.1, 0.15) is 17.3 Å². The third kappa shape index (κ3) is 5.86. The van der Waals surface area contributed by atoms with E-state index in [9.17, 15) is 13.6 Å². The van der Waals surface area contributed by atoms with E-state index >= 15 is 0 Å². The standard InChI is InChI=1S/C26H30F2N4O/c1-5-32(6-2)26-25(30-24(33)16-19-14-21(27)17-22(28)15-19)23(12-13-29-26)31(4)18(3)20-10-8-7-9-11-20/h7-15,17-18H,5-6,16H2,1-4H3,(H,30,33). The van der Waals surface area contributed by atoms with Crippen molar-refractivity contribution in [2.24, 2.45) is 0 Å². The molecule has 0 aliphatic rings. The molecule has 0 bridgehead atoms. The first-order valence-electron chi connectivity index (χ1n) is 11.1. The van der Waals surface area contributed by atoms with Gasteiger partial charge < -0.3 is 15.1 Å². The van der Waals surface area contributed by atoms with Crippen molar-refractivity contribution in [2.45, 2.75) is 33.2 Å². The maximum absolute atomic E-state index is 13.6. The van der Waals surface area contributed by atoms with Gasteiger partial charge in [-0.2, -0.15) is 0 Å². The topological polar surface area (TPSA) is 48.5 Å². The smallest absolute Gasteiger partial charge is 0.228 e. The van der Waals surface area contributed by atoms with E-state index in [1.165, 1.54) is 12.1 Å². The lowest BCUT2D eigenvalue weighted by Gasteiger charge is -2.32. The van der Waals surface area contributed by atoms with Gasteiger partial charge in [-0.1, -0.05) is 30.3 Å². The molecular formula is C26H30F2N4O. The molecule has 7 heteroatoms. The number of carbonyl (C=O) groups excluding carboxylic acids is 1. The third-order valence-electron chi connectivity index (χ3n) is 5.77. The minimum atomic E-state index is -0.708. The Morgan fingerprint density at radius 3 is 2.27 bits per heavy atom. The van der Waals surface area contributed by atoms with Gasteiger partial charge in [0, 0.05) is 32.4 Å². The van der Waals surface area contributed by atoms with Crippen LogP contribution in [0.5, 0.6) is 0 Å². The zero-order valence-electron chi connectivity index (χ0n) is 19.5. The molecule has 2 aromatic carbocycles. The summed E-state index contributed by atoms with van der Waals surface area (Å²) in [7, 11) is 1.97. The highest BCUT2D eigenvalue weighted by molar-refractivity contribution is 5.99. The van der Waals surface area contributed by atoms with Crippen molar-refractivity contribution in [3.8, 4) is 0 Å². The van der Waals surface area contributed by atoms with Crippen LogP contribution in [0, 0.1) is 11.6 Å². The lowest BCUT2D eigenvalue weighted by molar-refractivity contribution is -0.115. The Labute approximate surface area is 194 Å². The number of carbonyl (C=O) groups is 1. The van der Waals surface area contributed by atoms with Gasteiger partial charge in [-0.05, 0) is 50.1 Å². The molecule has 1 heterocycles. The van der Waals surface area contributed by atoms with Crippen molar-refractivity contribution in [1.29, 1.82) is 0 Å². The van der Waals surface area contributed by atoms with Crippen LogP contribution in [0.3, 0.4) is 0 Å². The van der Waals surface area contributed by atoms with Crippen molar-refractivity contribution in [2.75, 3.05) is 35.3 Å². The second-order valence-electron chi connectivity index (χ2n) is 7.90. The van der Waals surface area contributed by atoms with E-state index in [1.807, 2.05) is 45.2 Å². The molecule has 33 heavy (non-hydrogen) atoms. The van der Waals surface area contributed by atoms with E-state index in [4.69, 9.17) is 0 Å². The molecule has 0 saturated heterocycles. The molecule has 5 nitrogen and oxygen atoms in total. The van der Waals surface area contributed by atoms with Crippen LogP contribution in [0.2, 0.25) is 0 Å². The molecule has 3 rings (SSSR count). The van der Waals surface area contributed by atoms with Crippen LogP contribution in [0.25, 0.3) is 0 Å². The van der Waals surface area contributed by atoms with Crippen molar-refractivity contribution in [1.82, 2.24) is 4.98 Å². The summed E-state index contributed by atoms with van der Waals surface area (Å²) in [4.78, 5) is 21.6. The van der Waals surface area contributed by atoms with Gasteiger partial charge in [0.2, 0.25) is 5.91 Å². The van der Waals surface area contributed by atoms with Gasteiger partial charge in [-0.15, -0.1) is 0 Å². The molecule has 0 spiro atoms. The monoisotopic (exact) mass is 452 g/mol. The number of hydrogen-bond donors (Lipinski definition) is 1. The highest BCUT2D eigenvalue weighted by atomic mass is 19.1. The maximum Gasteiger partial charge on any atom is 0.228 e. The number of aromatic nitrogens is 1. The summed E-state index contributed by atoms with van der Waals surface area (Å²) < 4.78 is 27.2. The number of rotatable bonds is 9. The molecule has 1 N–H and O–H groups in total. The summed E-state index contributed by atoms with van der Waals surface area (Å²) in [5, 5.41) is 2.97. The molecule has 3 aromatic rings. The van der Waals surface area contributed by atoms with Crippen molar-refractivity contribution < 1.29 is 13.6 Å². The predicted molar refractivity (Wildman–Crippen MR) is 130 cm³/mol. The number of benzene rings is 2. The highest BCUT2D eigenvalue weighted by Gasteiger charge is 2.22. The van der Waals surface area contributed by atoms with Crippen LogP contribution in [-0.4, -0.2) is 31.0 Å². The Morgan fingerprint density at radius 2 is 1.67 bits per heavy atom. The first-order valence-corrected chi connectivity index (χ1v) is 11.1. The fourth-order valence-corrected chi connectivity index (χ4v) is 3.86. The number of pyridine rings is 1. The Bertz CT molecular complexity index is 1070. The fraction of sp³-hybridized carbons (Fsp3) is 0.308. The number of nitrogens with one attached hydrogen (secondary N) is 1. The zero-order valence-corrected chi connectivity index (χ0v) is 19.5. The van der Waals surface area contributed by atoms with Crippen LogP contribution >= 0.6 is 0 Å². The lowest BCUT2D eigenvalue weighted by Crippen LogP contribution is -2.29. The molecule has 1 unspecified atom stereocenters. The molecule has 0 saturated carbocycles. The summed E-state index contributed by atoms with van der Waals surface area (Å²) in [6, 6.07) is 15.1. The molecular weight excluding hydrogens is 422 g/mol. The van der Waals surface area contributed by atoms with Crippen molar-refractivity contribution in [3.05, 3.63) is 83.6 Å². The van der Waals surface area contributed by atoms with Gasteiger partial charge in [0.05, 0.1) is 18.2 Å². The predicted octanol–water partition coefficient (Wildman–Crippen LogP) is 5.58. The van der Waals surface area contributed by atoms with Gasteiger partial charge in [0.25, 0.3) is 0 Å². The highest BCUT2D eigenvalue weighted by Crippen LogP contribution is 2.37. The summed E-state index contributed by atoms with van der Waals surface area (Å²) in [6.07, 6.45) is 1.58. The first-order chi connectivity index (χ1) is 15.8. The second-order valence-corrected chi connectivity index (χ2v) is 7.90. The maximum atomic E-state index is 13.6. The summed E-state index contributed by atoms with van der Waals surface area (Å²) in [6.45, 7) is 7.56. The molecule has 0 aliphatic carbocycles. The lowest BCUT2D eigenvalue weighted by atomic mass is 10.1. The second kappa shape index (κ2) is 10.9. The van der Waals surface area contributed by atoms with E-state index < -0.39 is 11.6 Å². The van der Waals surface area contributed by atoms with Crippen LogP contribution in [0.1, 0.15) is 37.9 Å². The first kappa shape index (κ1) is 24.2. The molecule has 0 fully saturated rings. The Balaban J connectivity index is 1.97. The average molecular weight is 453 g/mol. The van der Waals surface area contributed by atoms with Crippen LogP contribution in [0.4, 0.5) is 26.0 Å². The van der Waals surface area contributed by atoms with Crippen LogP contribution in [0.15, 0.2) is 60.8 Å². The minimum absolute atomic E-state index is 0.0334. The van der Waals surface area contributed by atoms with Gasteiger partial charge in [0.15, 0.2) is 5.82 Å². The van der Waals surface area contributed by atoms with E-state index in [0.29, 0.717) is 24.6 Å². The molecule has 1 atom stereocenters. The van der Waals surface area contributed by atoms with Gasteiger partial charge in [-0.25, -0.2) is 13.8 Å². The number of hydrogen-bond acceptors (Lipinski definition) is 4. The summed E-state index contributed by atoms with van der Waals surface area (Å²) >= 11 is 0. The van der Waals surface area contributed by atoms with Crippen LogP contribution in [-0.2, 0) is 11.2 Å². The fourth-order valence-electron chi connectivity index (χ4n) is 3.86. The largest absolute Gasteiger partial charge is 0.366 e. The third-order valence-corrected chi connectivity index (χ3v) is 5.77. The summed E-state index contributed by atoms with van der Waals surface area (Å²) in [5.74, 6) is -1.13. The number of nitrogens with zero attached hydrogens (tertiary/aromatic N) is 3. The summed E-state index contributed by atoms with van der Waals surface area (Å²) in [5.41, 5.74) is 2.79. The van der Waals surface area contributed by atoms with Crippen LogP contribution < -0.4 is 15.1 Å². The number of anilines is 3. The van der Waals surface area contributed by atoms with E-state index in [-0.39, 0.29) is 23.9 Å². The van der Waals surface area contributed by atoms with Gasteiger partial charge >= 0.3 is 0 Å². The average Bonchev–Trinajstić information content (AvgIpc) is 2.79. The normalized spacial score (nSPS) is 11.7. The molecule has 1 aromatic heterocycles. The molecule has 0 aliphatic heterocycles. The molecule has 174 valence electrons. The Morgan fingerprint density at radius 1 is 1.03 bits per heavy atom. The van der Waals surface area contributed by atoms with Crippen molar-refractivity contribution in [3.63, 3.8) is 0 Å². The molecule has 0 radical (unpaired) electrons. The minimum Gasteiger partial charge on any atom is -0.366 e. The Kier molecular flexibility index (Phi) is 7.98. The van der Waals surface area contributed by atoms with E-state index in [1.54, 1.807) is 6.20 Å².